The van der Waals surface area contributed by atoms with Crippen LogP contribution in [0.5, 0.6) is 0 Å². The predicted molar refractivity (Wildman–Crippen MR) is 134 cm³/mol. The van der Waals surface area contributed by atoms with E-state index in [2.05, 4.69) is 25.9 Å². The number of carboxylic acids is 1. The minimum atomic E-state index is -1.43. The van der Waals surface area contributed by atoms with Crippen molar-refractivity contribution < 1.29 is 29.4 Å². The van der Waals surface area contributed by atoms with E-state index < -0.39 is 54.5 Å². The number of H-pyrrole nitrogens is 1. The number of aliphatic hydroxyl groups excluding tert-OH is 1. The molecule has 0 fully saturated rings. The lowest BCUT2D eigenvalue weighted by Gasteiger charge is -2.24. The van der Waals surface area contributed by atoms with Crippen LogP contribution < -0.4 is 27.4 Å². The third-order valence-corrected chi connectivity index (χ3v) is 5.62. The van der Waals surface area contributed by atoms with E-state index in [0.29, 0.717) is 30.6 Å². The zero-order valence-corrected chi connectivity index (χ0v) is 20.4. The van der Waals surface area contributed by atoms with E-state index in [1.807, 2.05) is 0 Å². The molecule has 1 aromatic heterocycles. The van der Waals surface area contributed by atoms with Gasteiger partial charge >= 0.3 is 5.97 Å². The van der Waals surface area contributed by atoms with Gasteiger partial charge in [0.25, 0.3) is 0 Å². The van der Waals surface area contributed by atoms with Crippen LogP contribution in [-0.2, 0) is 32.0 Å². The van der Waals surface area contributed by atoms with Crippen LogP contribution in [0.1, 0.15) is 30.5 Å². The van der Waals surface area contributed by atoms with Crippen molar-refractivity contribution in [2.45, 2.75) is 56.3 Å². The lowest BCUT2D eigenvalue weighted by molar-refractivity contribution is -0.142. The Morgan fingerprint density at radius 1 is 0.919 bits per heavy atom. The molecule has 1 aromatic carbocycles. The van der Waals surface area contributed by atoms with E-state index in [1.54, 1.807) is 30.3 Å². The fraction of sp³-hybridized carbons (Fsp3) is 0.458. The number of nitrogens with two attached hydrogens (primary N) is 2. The summed E-state index contributed by atoms with van der Waals surface area (Å²) in [6.45, 7) is -0.390. The molecule has 3 amide bonds. The van der Waals surface area contributed by atoms with Crippen molar-refractivity contribution in [3.63, 3.8) is 0 Å². The predicted octanol–water partition coefficient (Wildman–Crippen LogP) is -1.82. The van der Waals surface area contributed by atoms with Gasteiger partial charge in [-0.15, -0.1) is 0 Å². The molecule has 202 valence electrons. The number of carbonyl (C=O) groups is 4. The Hall–Kier alpha value is -3.81. The molecule has 13 heteroatoms. The molecule has 37 heavy (non-hydrogen) atoms. The number of aromatic amines is 1. The number of imidazole rings is 1. The molecule has 4 unspecified atom stereocenters. The molecule has 0 aliphatic heterocycles. The number of hydrogen-bond acceptors (Lipinski definition) is 8. The Kier molecular flexibility index (Phi) is 12.2. The largest absolute Gasteiger partial charge is 0.480 e. The molecule has 0 bridgehead atoms. The molecular formula is C24H35N7O6. The molecule has 10 N–H and O–H groups in total. The van der Waals surface area contributed by atoms with Crippen LogP contribution in [0.3, 0.4) is 0 Å². The molecule has 0 saturated carbocycles. The van der Waals surface area contributed by atoms with Gasteiger partial charge in [-0.2, -0.15) is 0 Å². The van der Waals surface area contributed by atoms with Crippen LogP contribution in [0.2, 0.25) is 0 Å². The second-order valence-corrected chi connectivity index (χ2v) is 8.57. The van der Waals surface area contributed by atoms with Crippen molar-refractivity contribution in [2.24, 2.45) is 11.5 Å². The van der Waals surface area contributed by atoms with E-state index in [1.165, 1.54) is 12.5 Å². The van der Waals surface area contributed by atoms with Crippen molar-refractivity contribution in [2.75, 3.05) is 13.2 Å². The number of carbonyl (C=O) groups excluding carboxylic acids is 3. The number of nitrogens with zero attached hydrogens (tertiary/aromatic N) is 1. The molecule has 0 radical (unpaired) electrons. The fourth-order valence-electron chi connectivity index (χ4n) is 3.55. The number of nitrogens with one attached hydrogen (secondary N) is 4. The summed E-state index contributed by atoms with van der Waals surface area (Å²) < 4.78 is 0. The first-order valence-electron chi connectivity index (χ1n) is 12.0. The highest BCUT2D eigenvalue weighted by Gasteiger charge is 2.30. The average Bonchev–Trinajstić information content (AvgIpc) is 3.39. The van der Waals surface area contributed by atoms with Crippen molar-refractivity contribution >= 4 is 23.7 Å². The van der Waals surface area contributed by atoms with E-state index in [4.69, 9.17) is 11.5 Å². The van der Waals surface area contributed by atoms with Crippen molar-refractivity contribution in [1.29, 1.82) is 0 Å². The summed E-state index contributed by atoms with van der Waals surface area (Å²) in [7, 11) is 0. The number of unbranched alkanes of at least 4 members (excludes halogenated alkanes) is 1. The summed E-state index contributed by atoms with van der Waals surface area (Å²) in [5.74, 6) is -3.44. The Balaban J connectivity index is 2.03. The third-order valence-electron chi connectivity index (χ3n) is 5.62. The lowest BCUT2D eigenvalue weighted by Crippen LogP contribution is -2.58. The molecule has 0 saturated heterocycles. The van der Waals surface area contributed by atoms with Crippen LogP contribution >= 0.6 is 0 Å². The summed E-state index contributed by atoms with van der Waals surface area (Å²) in [6.07, 6.45) is 4.51. The maximum atomic E-state index is 13.0. The van der Waals surface area contributed by atoms with Crippen molar-refractivity contribution in [3.05, 3.63) is 54.1 Å². The molecule has 2 aromatic rings. The first kappa shape index (κ1) is 29.4. The number of rotatable bonds is 16. The number of carboxylic acid groups (broad SMARTS) is 1. The lowest BCUT2D eigenvalue weighted by atomic mass is 10.0. The van der Waals surface area contributed by atoms with Crippen LogP contribution in [0.4, 0.5) is 0 Å². The maximum absolute atomic E-state index is 13.0. The van der Waals surface area contributed by atoms with Crippen molar-refractivity contribution in [3.8, 4) is 0 Å². The van der Waals surface area contributed by atoms with Crippen LogP contribution in [0.25, 0.3) is 0 Å². The zero-order valence-electron chi connectivity index (χ0n) is 20.4. The fourth-order valence-corrected chi connectivity index (χ4v) is 3.55. The minimum absolute atomic E-state index is 0.0139. The number of aromatic nitrogens is 2. The molecule has 2 rings (SSSR count). The SMILES string of the molecule is NCCCCC(NC(=O)C(N)Cc1cnc[nH]1)C(=O)NC(CO)C(=O)NC(Cc1ccccc1)C(=O)O. The van der Waals surface area contributed by atoms with Crippen LogP contribution in [-0.4, -0.2) is 81.2 Å². The molecule has 13 nitrogen and oxygen atoms in total. The van der Waals surface area contributed by atoms with Gasteiger partial charge in [-0.3, -0.25) is 14.4 Å². The van der Waals surface area contributed by atoms with Crippen molar-refractivity contribution in [1.82, 2.24) is 25.9 Å². The minimum Gasteiger partial charge on any atom is -0.480 e. The van der Waals surface area contributed by atoms with Gasteiger partial charge in [-0.1, -0.05) is 30.3 Å². The second kappa shape index (κ2) is 15.3. The quantitative estimate of drug-likeness (QED) is 0.117. The number of aliphatic carboxylic acids is 1. The van der Waals surface area contributed by atoms with E-state index >= 15 is 0 Å². The Labute approximate surface area is 214 Å². The molecule has 1 heterocycles. The maximum Gasteiger partial charge on any atom is 0.326 e. The Morgan fingerprint density at radius 3 is 2.16 bits per heavy atom. The monoisotopic (exact) mass is 517 g/mol. The number of hydrogen-bond donors (Lipinski definition) is 8. The first-order chi connectivity index (χ1) is 17.7. The smallest absolute Gasteiger partial charge is 0.326 e. The zero-order chi connectivity index (χ0) is 27.2. The number of amides is 3. The first-order valence-corrected chi connectivity index (χ1v) is 12.0. The molecule has 0 aliphatic carbocycles. The van der Waals surface area contributed by atoms with Gasteiger partial charge in [0.05, 0.1) is 19.0 Å². The van der Waals surface area contributed by atoms with Gasteiger partial charge in [-0.25, -0.2) is 9.78 Å². The van der Waals surface area contributed by atoms with Gasteiger partial charge < -0.3 is 42.6 Å². The highest BCUT2D eigenvalue weighted by molar-refractivity contribution is 5.94. The summed E-state index contributed by atoms with van der Waals surface area (Å²) in [4.78, 5) is 56.7. The average molecular weight is 518 g/mol. The molecule has 0 aliphatic rings. The Morgan fingerprint density at radius 2 is 1.57 bits per heavy atom. The summed E-state index contributed by atoms with van der Waals surface area (Å²) in [6, 6.07) is 3.99. The summed E-state index contributed by atoms with van der Waals surface area (Å²) >= 11 is 0. The number of aliphatic hydroxyl groups is 1. The summed E-state index contributed by atoms with van der Waals surface area (Å²) in [5.41, 5.74) is 12.8. The number of benzene rings is 1. The topological polar surface area (TPSA) is 226 Å². The highest BCUT2D eigenvalue weighted by atomic mass is 16.4. The normalized spacial score (nSPS) is 14.1. The van der Waals surface area contributed by atoms with E-state index in [-0.39, 0.29) is 19.3 Å². The molecular weight excluding hydrogens is 482 g/mol. The molecule has 4 atom stereocenters. The molecule has 0 spiro atoms. The van der Waals surface area contributed by atoms with Crippen LogP contribution in [0.15, 0.2) is 42.9 Å². The highest BCUT2D eigenvalue weighted by Crippen LogP contribution is 2.06. The second-order valence-electron chi connectivity index (χ2n) is 8.57. The summed E-state index contributed by atoms with van der Waals surface area (Å²) in [5, 5.41) is 26.6. The van der Waals surface area contributed by atoms with Crippen LogP contribution in [0, 0.1) is 0 Å². The Bertz CT molecular complexity index is 1000. The van der Waals surface area contributed by atoms with Gasteiger partial charge in [0.2, 0.25) is 17.7 Å². The van der Waals surface area contributed by atoms with Gasteiger partial charge in [0, 0.05) is 24.7 Å². The van der Waals surface area contributed by atoms with E-state index in [9.17, 15) is 29.4 Å². The van der Waals surface area contributed by atoms with Gasteiger partial charge in [0.15, 0.2) is 0 Å². The van der Waals surface area contributed by atoms with Gasteiger partial charge in [-0.05, 0) is 31.4 Å². The standard InChI is InChI=1S/C24H35N7O6/c25-9-5-4-8-18(29-21(33)17(26)11-16-12-27-14-28-16)22(34)31-20(13-32)23(35)30-19(24(36)37)10-15-6-2-1-3-7-15/h1-3,6-7,12,14,17-20,32H,4-5,8-11,13,25-26H2,(H,27,28)(H,29,33)(H,30,35)(H,31,34)(H,36,37). The van der Waals surface area contributed by atoms with E-state index in [0.717, 1.165) is 0 Å². The third kappa shape index (κ3) is 9.99. The van der Waals surface area contributed by atoms with Gasteiger partial charge in [0.1, 0.15) is 18.1 Å².